The third-order valence-electron chi connectivity index (χ3n) is 7.43. The van der Waals surface area contributed by atoms with Crippen LogP contribution in [0.2, 0.25) is 5.02 Å². The maximum Gasteiger partial charge on any atom is 0.345 e. The van der Waals surface area contributed by atoms with Gasteiger partial charge in [-0.05, 0) is 68.7 Å². The fourth-order valence-electron chi connectivity index (χ4n) is 4.90. The van der Waals surface area contributed by atoms with Gasteiger partial charge in [0.2, 0.25) is 5.91 Å². The first-order valence-corrected chi connectivity index (χ1v) is 14.6. The van der Waals surface area contributed by atoms with E-state index in [1.807, 2.05) is 0 Å². The van der Waals surface area contributed by atoms with E-state index in [1.165, 1.54) is 55.1 Å². The molecule has 45 heavy (non-hydrogen) atoms. The van der Waals surface area contributed by atoms with Gasteiger partial charge in [0.25, 0.3) is 5.56 Å². The van der Waals surface area contributed by atoms with Crippen LogP contribution in [0.3, 0.4) is 0 Å². The molecule has 3 aromatic rings. The first-order valence-electron chi connectivity index (χ1n) is 14.2. The Kier molecular flexibility index (Phi) is 11.1. The summed E-state index contributed by atoms with van der Waals surface area (Å²) >= 11 is 6.19. The Balaban J connectivity index is 1.62. The minimum absolute atomic E-state index is 0.0144. The van der Waals surface area contributed by atoms with Crippen molar-refractivity contribution in [1.29, 1.82) is 5.26 Å². The number of aliphatic hydroxyl groups is 1. The fourth-order valence-corrected chi connectivity index (χ4v) is 5.07. The Morgan fingerprint density at radius 2 is 1.91 bits per heavy atom. The van der Waals surface area contributed by atoms with Crippen molar-refractivity contribution >= 4 is 35.1 Å². The smallest absolute Gasteiger partial charge is 0.345 e. The van der Waals surface area contributed by atoms with E-state index in [2.05, 4.69) is 11.4 Å². The largest absolute Gasteiger partial charge is 0.495 e. The molecule has 1 aliphatic rings. The van der Waals surface area contributed by atoms with Gasteiger partial charge in [0, 0.05) is 40.9 Å². The van der Waals surface area contributed by atoms with Crippen LogP contribution in [0.1, 0.15) is 54.6 Å². The molecule has 0 saturated carbocycles. The summed E-state index contributed by atoms with van der Waals surface area (Å²) in [6.07, 6.45) is 2.70. The van der Waals surface area contributed by atoms with Gasteiger partial charge in [0.1, 0.15) is 17.8 Å². The molecular weight excluding hydrogens is 604 g/mol. The lowest BCUT2D eigenvalue weighted by Gasteiger charge is -2.28. The second-order valence-corrected chi connectivity index (χ2v) is 11.0. The molecule has 4 atom stereocenters. The van der Waals surface area contributed by atoms with E-state index >= 15 is 0 Å². The molecule has 1 amide bonds. The van der Waals surface area contributed by atoms with Crippen LogP contribution in [-0.2, 0) is 19.1 Å². The first kappa shape index (κ1) is 33.4. The Hall–Kier alpha value is -4.54. The van der Waals surface area contributed by atoms with Crippen LogP contribution in [0.4, 0.5) is 5.69 Å². The summed E-state index contributed by atoms with van der Waals surface area (Å²) in [5.41, 5.74) is 6.38. The SMILES string of the molecule is COc1cn(C(C[C@@H]2CCCCO2)C(=O)Nc2ccc(C(=O)OC(=O)[C@@H](N)[C@@H](C)O)cc2)c(=O)cc1-c1cc(Cl)ccc1C#N. The number of nitrogens with zero attached hydrogens (tertiary/aromatic N) is 2. The van der Waals surface area contributed by atoms with Gasteiger partial charge in [-0.3, -0.25) is 14.2 Å². The minimum Gasteiger partial charge on any atom is -0.495 e. The number of aliphatic hydroxyl groups excluding tert-OH is 1. The number of hydrogen-bond donors (Lipinski definition) is 3. The molecular formula is C32H33ClN4O8. The quantitative estimate of drug-likeness (QED) is 0.220. The minimum atomic E-state index is -1.38. The predicted molar refractivity (Wildman–Crippen MR) is 165 cm³/mol. The maximum absolute atomic E-state index is 13.7. The van der Waals surface area contributed by atoms with Crippen molar-refractivity contribution in [2.45, 2.75) is 56.9 Å². The summed E-state index contributed by atoms with van der Waals surface area (Å²) in [5, 5.41) is 22.2. The second-order valence-electron chi connectivity index (χ2n) is 10.6. The molecule has 0 bridgehead atoms. The first-order chi connectivity index (χ1) is 21.5. The molecule has 1 fully saturated rings. The number of amides is 1. The lowest BCUT2D eigenvalue weighted by molar-refractivity contribution is -0.141. The van der Waals surface area contributed by atoms with Crippen LogP contribution in [0, 0.1) is 11.3 Å². The number of carbonyl (C=O) groups is 3. The van der Waals surface area contributed by atoms with Crippen molar-refractivity contribution in [3.63, 3.8) is 0 Å². The molecule has 2 aromatic carbocycles. The van der Waals surface area contributed by atoms with E-state index in [9.17, 15) is 29.5 Å². The number of nitrogens with two attached hydrogens (primary N) is 1. The molecule has 4 N–H and O–H groups in total. The molecule has 2 heterocycles. The number of aromatic nitrogens is 1. The van der Waals surface area contributed by atoms with Crippen LogP contribution in [-0.4, -0.2) is 59.5 Å². The van der Waals surface area contributed by atoms with Crippen molar-refractivity contribution < 1.29 is 33.7 Å². The number of anilines is 1. The number of rotatable bonds is 10. The van der Waals surface area contributed by atoms with Gasteiger partial charge in [-0.15, -0.1) is 0 Å². The lowest BCUT2D eigenvalue weighted by Crippen LogP contribution is -2.42. The average molecular weight is 637 g/mol. The summed E-state index contributed by atoms with van der Waals surface area (Å²) in [6, 6.07) is 11.3. The Labute approximate surface area is 264 Å². The number of nitriles is 1. The van der Waals surface area contributed by atoms with Crippen molar-refractivity contribution in [3.8, 4) is 22.9 Å². The normalized spacial score (nSPS) is 16.5. The standard InChI is InChI=1S/C32H33ClN4O8/c1-18(38)29(35)32(42)45-31(41)19-7-10-22(11-8-19)36-30(40)26(14-23-5-3-4-12-44-23)37-17-27(43-2)25(15-28(37)39)24-13-21(33)9-6-20(24)16-34/h6-11,13,15,17-18,23,26,29,38H,3-5,12,14,35H2,1-2H3,(H,36,40)/t18-,23+,26?,29+/m1/s1. The van der Waals surface area contributed by atoms with E-state index in [0.717, 1.165) is 19.3 Å². The highest BCUT2D eigenvalue weighted by molar-refractivity contribution is 6.31. The number of esters is 2. The number of hydrogen-bond acceptors (Lipinski definition) is 10. The summed E-state index contributed by atoms with van der Waals surface area (Å²) in [7, 11) is 1.42. The molecule has 12 nitrogen and oxygen atoms in total. The highest BCUT2D eigenvalue weighted by Gasteiger charge is 2.29. The third-order valence-corrected chi connectivity index (χ3v) is 7.66. The molecule has 236 valence electrons. The Morgan fingerprint density at radius 1 is 1.18 bits per heavy atom. The maximum atomic E-state index is 13.7. The number of ether oxygens (including phenoxy) is 3. The number of halogens is 1. The summed E-state index contributed by atoms with van der Waals surface area (Å²) in [4.78, 5) is 51.6. The highest BCUT2D eigenvalue weighted by atomic mass is 35.5. The second kappa shape index (κ2) is 15.0. The van der Waals surface area contributed by atoms with Crippen molar-refractivity contribution in [2.24, 2.45) is 5.73 Å². The number of pyridine rings is 1. The molecule has 0 radical (unpaired) electrons. The number of carbonyl (C=O) groups excluding carboxylic acids is 3. The van der Waals surface area contributed by atoms with E-state index in [4.69, 9.17) is 31.5 Å². The summed E-state index contributed by atoms with van der Waals surface area (Å²) < 4.78 is 17.5. The van der Waals surface area contributed by atoms with Gasteiger partial charge in [-0.25, -0.2) is 9.59 Å². The summed E-state index contributed by atoms with van der Waals surface area (Å²) in [6.45, 7) is 1.84. The monoisotopic (exact) mass is 636 g/mol. The van der Waals surface area contributed by atoms with E-state index < -0.39 is 41.6 Å². The molecule has 4 rings (SSSR count). The van der Waals surface area contributed by atoms with Crippen LogP contribution >= 0.6 is 11.6 Å². The van der Waals surface area contributed by atoms with Gasteiger partial charge in [-0.1, -0.05) is 11.6 Å². The van der Waals surface area contributed by atoms with Gasteiger partial charge < -0.3 is 30.4 Å². The molecule has 0 aliphatic carbocycles. The van der Waals surface area contributed by atoms with E-state index in [1.54, 1.807) is 18.2 Å². The van der Waals surface area contributed by atoms with Crippen molar-refractivity contribution in [1.82, 2.24) is 4.57 Å². The van der Waals surface area contributed by atoms with Gasteiger partial charge in [0.15, 0.2) is 0 Å². The Morgan fingerprint density at radius 3 is 2.53 bits per heavy atom. The van der Waals surface area contributed by atoms with Gasteiger partial charge in [0.05, 0.1) is 42.7 Å². The molecule has 1 aliphatic heterocycles. The predicted octanol–water partition coefficient (Wildman–Crippen LogP) is 3.58. The third kappa shape index (κ3) is 8.14. The molecule has 1 unspecified atom stereocenters. The zero-order valence-corrected chi connectivity index (χ0v) is 25.5. The lowest BCUT2D eigenvalue weighted by atomic mass is 9.99. The number of benzene rings is 2. The zero-order chi connectivity index (χ0) is 32.7. The van der Waals surface area contributed by atoms with Gasteiger partial charge >= 0.3 is 11.9 Å². The van der Waals surface area contributed by atoms with E-state index in [0.29, 0.717) is 34.0 Å². The molecule has 1 aromatic heterocycles. The van der Waals surface area contributed by atoms with E-state index in [-0.39, 0.29) is 23.8 Å². The highest BCUT2D eigenvalue weighted by Crippen LogP contribution is 2.34. The fraction of sp³-hybridized carbons (Fsp3) is 0.344. The summed E-state index contributed by atoms with van der Waals surface area (Å²) in [5.74, 6) is -2.32. The van der Waals surface area contributed by atoms with Crippen LogP contribution in [0.25, 0.3) is 11.1 Å². The van der Waals surface area contributed by atoms with Crippen LogP contribution < -0.4 is 21.3 Å². The number of methoxy groups -OCH3 is 1. The van der Waals surface area contributed by atoms with Crippen LogP contribution in [0.5, 0.6) is 5.75 Å². The molecule has 13 heteroatoms. The van der Waals surface area contributed by atoms with Gasteiger partial charge in [-0.2, -0.15) is 5.26 Å². The van der Waals surface area contributed by atoms with Crippen molar-refractivity contribution in [3.05, 3.63) is 81.2 Å². The number of nitrogens with one attached hydrogen (secondary N) is 1. The average Bonchev–Trinajstić information content (AvgIpc) is 3.03. The Bertz CT molecular complexity index is 1660. The zero-order valence-electron chi connectivity index (χ0n) is 24.7. The molecule has 1 saturated heterocycles. The van der Waals surface area contributed by atoms with Crippen molar-refractivity contribution in [2.75, 3.05) is 19.0 Å². The van der Waals surface area contributed by atoms with Crippen LogP contribution in [0.15, 0.2) is 59.5 Å². The topological polar surface area (TPSA) is 183 Å². The molecule has 0 spiro atoms.